The number of carbonyl (C=O) groups is 2. The molecule has 0 bridgehead atoms. The molecule has 4 nitrogen and oxygen atoms in total. The molecule has 1 aromatic carbocycles. The quantitative estimate of drug-likeness (QED) is 0.277. The van der Waals surface area contributed by atoms with E-state index in [0.29, 0.717) is 24.3 Å². The first-order valence-corrected chi connectivity index (χ1v) is 9.59. The van der Waals surface area contributed by atoms with Crippen molar-refractivity contribution < 1.29 is 19.1 Å². The highest BCUT2D eigenvalue weighted by Gasteiger charge is 2.17. The number of benzene rings is 1. The maximum Gasteiger partial charge on any atom is 0.314 e. The normalized spacial score (nSPS) is 11.8. The molecule has 1 unspecified atom stereocenters. The second kappa shape index (κ2) is 12.5. The van der Waals surface area contributed by atoms with Crippen molar-refractivity contribution in [2.45, 2.75) is 78.6 Å². The number of hydrogen-bond acceptors (Lipinski definition) is 4. The molecule has 0 saturated carbocycles. The average Bonchev–Trinajstić information content (AvgIpc) is 2.61. The predicted molar refractivity (Wildman–Crippen MR) is 99.8 cm³/mol. The summed E-state index contributed by atoms with van der Waals surface area (Å²) in [4.78, 5) is 24.0. The standard InChI is InChI=1S/C21H32O4/c1-4-6-7-8-9-10-11-16-20(22)24-18-14-12-13-15-19(18)25-21(23)17(3)5-2/h12-15,17H,4-11,16H2,1-3H3. The van der Waals surface area contributed by atoms with Crippen LogP contribution in [-0.4, -0.2) is 11.9 Å². The summed E-state index contributed by atoms with van der Waals surface area (Å²) in [6.45, 7) is 5.95. The molecule has 0 amide bonds. The van der Waals surface area contributed by atoms with Gasteiger partial charge in [-0.3, -0.25) is 9.59 Å². The lowest BCUT2D eigenvalue weighted by Crippen LogP contribution is -2.18. The molecule has 1 atom stereocenters. The van der Waals surface area contributed by atoms with Gasteiger partial charge in [-0.15, -0.1) is 0 Å². The van der Waals surface area contributed by atoms with Gasteiger partial charge in [0.2, 0.25) is 0 Å². The van der Waals surface area contributed by atoms with Crippen molar-refractivity contribution in [2.75, 3.05) is 0 Å². The van der Waals surface area contributed by atoms with E-state index < -0.39 is 0 Å². The lowest BCUT2D eigenvalue weighted by Gasteiger charge is -2.12. The van der Waals surface area contributed by atoms with Crippen LogP contribution in [0.15, 0.2) is 24.3 Å². The Morgan fingerprint density at radius 3 is 2.04 bits per heavy atom. The Morgan fingerprint density at radius 1 is 0.880 bits per heavy atom. The van der Waals surface area contributed by atoms with Gasteiger partial charge >= 0.3 is 11.9 Å². The van der Waals surface area contributed by atoms with E-state index in [1.54, 1.807) is 24.3 Å². The highest BCUT2D eigenvalue weighted by molar-refractivity contribution is 5.77. The Bertz CT molecular complexity index is 524. The molecule has 0 aliphatic heterocycles. The van der Waals surface area contributed by atoms with Gasteiger partial charge in [-0.05, 0) is 25.0 Å². The van der Waals surface area contributed by atoms with Crippen LogP contribution in [0.1, 0.15) is 78.6 Å². The van der Waals surface area contributed by atoms with Crippen molar-refractivity contribution in [1.82, 2.24) is 0 Å². The Morgan fingerprint density at radius 2 is 1.44 bits per heavy atom. The van der Waals surface area contributed by atoms with Crippen LogP contribution in [0, 0.1) is 5.92 Å². The monoisotopic (exact) mass is 348 g/mol. The summed E-state index contributed by atoms with van der Waals surface area (Å²) in [5.41, 5.74) is 0. The minimum atomic E-state index is -0.307. The van der Waals surface area contributed by atoms with E-state index in [-0.39, 0.29) is 17.9 Å². The van der Waals surface area contributed by atoms with E-state index in [1.165, 1.54) is 25.7 Å². The van der Waals surface area contributed by atoms with E-state index in [2.05, 4.69) is 6.92 Å². The molecule has 0 radical (unpaired) electrons. The summed E-state index contributed by atoms with van der Waals surface area (Å²) >= 11 is 0. The lowest BCUT2D eigenvalue weighted by atomic mass is 10.1. The molecule has 4 heteroatoms. The van der Waals surface area contributed by atoms with E-state index >= 15 is 0 Å². The largest absolute Gasteiger partial charge is 0.423 e. The average molecular weight is 348 g/mol. The van der Waals surface area contributed by atoms with Crippen molar-refractivity contribution in [1.29, 1.82) is 0 Å². The first kappa shape index (κ1) is 21.2. The van der Waals surface area contributed by atoms with Crippen LogP contribution in [0.3, 0.4) is 0 Å². The number of ether oxygens (including phenoxy) is 2. The third-order valence-electron chi connectivity index (χ3n) is 4.28. The summed E-state index contributed by atoms with van der Waals surface area (Å²) in [7, 11) is 0. The topological polar surface area (TPSA) is 52.6 Å². The fourth-order valence-corrected chi connectivity index (χ4v) is 2.39. The van der Waals surface area contributed by atoms with Crippen molar-refractivity contribution in [3.63, 3.8) is 0 Å². The number of hydrogen-bond donors (Lipinski definition) is 0. The van der Waals surface area contributed by atoms with Gasteiger partial charge in [0, 0.05) is 6.42 Å². The molecule has 0 aliphatic carbocycles. The molecule has 0 spiro atoms. The molecule has 0 N–H and O–H groups in total. The van der Waals surface area contributed by atoms with E-state index in [0.717, 1.165) is 19.3 Å². The van der Waals surface area contributed by atoms with E-state index in [9.17, 15) is 9.59 Å². The fraction of sp³-hybridized carbons (Fsp3) is 0.619. The summed E-state index contributed by atoms with van der Waals surface area (Å²) in [5, 5.41) is 0. The summed E-state index contributed by atoms with van der Waals surface area (Å²) in [5.74, 6) is -0.150. The number of rotatable bonds is 12. The molecular weight excluding hydrogens is 316 g/mol. The Balaban J connectivity index is 2.40. The van der Waals surface area contributed by atoms with Crippen molar-refractivity contribution >= 4 is 11.9 Å². The summed E-state index contributed by atoms with van der Waals surface area (Å²) in [6.07, 6.45) is 9.18. The number of carbonyl (C=O) groups excluding carboxylic acids is 2. The Kier molecular flexibility index (Phi) is 10.6. The molecule has 1 rings (SSSR count). The summed E-state index contributed by atoms with van der Waals surface area (Å²) < 4.78 is 10.8. The van der Waals surface area contributed by atoms with Gasteiger partial charge in [0.1, 0.15) is 0 Å². The molecule has 25 heavy (non-hydrogen) atoms. The molecule has 0 heterocycles. The molecule has 1 aromatic rings. The third-order valence-corrected chi connectivity index (χ3v) is 4.28. The minimum Gasteiger partial charge on any atom is -0.423 e. The van der Waals surface area contributed by atoms with Crippen molar-refractivity contribution in [3.05, 3.63) is 24.3 Å². The Labute approximate surface area is 151 Å². The van der Waals surface area contributed by atoms with Crippen LogP contribution in [0.25, 0.3) is 0 Å². The molecule has 0 saturated heterocycles. The van der Waals surface area contributed by atoms with Crippen LogP contribution < -0.4 is 9.47 Å². The molecule has 0 aliphatic rings. The summed E-state index contributed by atoms with van der Waals surface area (Å²) in [6, 6.07) is 6.82. The zero-order valence-electron chi connectivity index (χ0n) is 15.9. The van der Waals surface area contributed by atoms with Crippen molar-refractivity contribution in [2.24, 2.45) is 5.92 Å². The fourth-order valence-electron chi connectivity index (χ4n) is 2.39. The van der Waals surface area contributed by atoms with E-state index in [4.69, 9.17) is 9.47 Å². The second-order valence-corrected chi connectivity index (χ2v) is 6.52. The smallest absolute Gasteiger partial charge is 0.314 e. The Hall–Kier alpha value is -1.84. The molecule has 0 fully saturated rings. The molecule has 0 aromatic heterocycles. The predicted octanol–water partition coefficient (Wildman–Crippen LogP) is 5.68. The van der Waals surface area contributed by atoms with Gasteiger partial charge < -0.3 is 9.47 Å². The zero-order valence-corrected chi connectivity index (χ0v) is 15.9. The van der Waals surface area contributed by atoms with Gasteiger partial charge in [0.15, 0.2) is 11.5 Å². The molecule has 140 valence electrons. The minimum absolute atomic E-state index is 0.184. The number of para-hydroxylation sites is 2. The number of unbranched alkanes of at least 4 members (excludes halogenated alkanes) is 6. The highest BCUT2D eigenvalue weighted by Crippen LogP contribution is 2.28. The number of esters is 2. The maximum atomic E-state index is 12.0. The van der Waals surface area contributed by atoms with Crippen LogP contribution in [0.4, 0.5) is 0 Å². The van der Waals surface area contributed by atoms with Crippen LogP contribution >= 0.6 is 0 Å². The van der Waals surface area contributed by atoms with Crippen molar-refractivity contribution in [3.8, 4) is 11.5 Å². The van der Waals surface area contributed by atoms with Gasteiger partial charge in [-0.2, -0.15) is 0 Å². The van der Waals surface area contributed by atoms with Gasteiger partial charge in [-0.25, -0.2) is 0 Å². The van der Waals surface area contributed by atoms with Crippen LogP contribution in [0.5, 0.6) is 11.5 Å². The van der Waals surface area contributed by atoms with Crippen LogP contribution in [-0.2, 0) is 9.59 Å². The lowest BCUT2D eigenvalue weighted by molar-refractivity contribution is -0.139. The zero-order chi connectivity index (χ0) is 18.5. The van der Waals surface area contributed by atoms with Gasteiger partial charge in [-0.1, -0.05) is 71.4 Å². The highest BCUT2D eigenvalue weighted by atomic mass is 16.6. The first-order chi connectivity index (χ1) is 12.1. The molecular formula is C21H32O4. The van der Waals surface area contributed by atoms with Crippen LogP contribution in [0.2, 0.25) is 0 Å². The van der Waals surface area contributed by atoms with Gasteiger partial charge in [0.25, 0.3) is 0 Å². The maximum absolute atomic E-state index is 12.0. The SMILES string of the molecule is CCCCCCCCCC(=O)Oc1ccccc1OC(=O)C(C)CC. The van der Waals surface area contributed by atoms with E-state index in [1.807, 2.05) is 13.8 Å². The van der Waals surface area contributed by atoms with Gasteiger partial charge in [0.05, 0.1) is 5.92 Å². The third kappa shape index (κ3) is 8.71. The second-order valence-electron chi connectivity index (χ2n) is 6.52. The first-order valence-electron chi connectivity index (χ1n) is 9.59.